The highest BCUT2D eigenvalue weighted by atomic mass is 28.4. The first-order valence-electron chi connectivity index (χ1n) is 9.71. The molecule has 25 heavy (non-hydrogen) atoms. The Bertz CT molecular complexity index is 357. The summed E-state index contributed by atoms with van der Waals surface area (Å²) in [7, 11) is -2.58. The third-order valence-corrected chi connectivity index (χ3v) is 7.93. The largest absolute Gasteiger partial charge is 0.634 e. The number of ether oxygens (including phenoxy) is 1. The molecule has 0 atom stereocenters. The minimum absolute atomic E-state index is 0.130. The van der Waals surface area contributed by atoms with E-state index in [1.54, 1.807) is 0 Å². The van der Waals surface area contributed by atoms with Gasteiger partial charge in [-0.05, 0) is 54.9 Å². The molecule has 0 unspecified atom stereocenters. The van der Waals surface area contributed by atoms with Crippen molar-refractivity contribution in [2.45, 2.75) is 91.0 Å². The van der Waals surface area contributed by atoms with Crippen LogP contribution in [0.5, 0.6) is 0 Å². The Morgan fingerprint density at radius 2 is 1.36 bits per heavy atom. The molecule has 1 rings (SSSR count). The molecule has 150 valence electrons. The molecule has 1 heterocycles. The molecule has 0 amide bonds. The number of nitrogens with one attached hydrogen (secondary N) is 1. The highest BCUT2D eigenvalue weighted by Gasteiger charge is 2.45. The highest BCUT2D eigenvalue weighted by Crippen LogP contribution is 2.26. The molecular formula is C18H39NO5Si. The van der Waals surface area contributed by atoms with Gasteiger partial charge >= 0.3 is 8.80 Å². The average molecular weight is 378 g/mol. The maximum atomic E-state index is 12.5. The van der Waals surface area contributed by atoms with Gasteiger partial charge in [0.25, 0.3) is 0 Å². The predicted octanol–water partition coefficient (Wildman–Crippen LogP) is 2.54. The van der Waals surface area contributed by atoms with Gasteiger partial charge in [-0.2, -0.15) is 0 Å². The van der Waals surface area contributed by atoms with Crippen LogP contribution in [-0.2, 0) is 18.0 Å². The van der Waals surface area contributed by atoms with E-state index in [0.717, 1.165) is 25.3 Å². The third kappa shape index (κ3) is 6.57. The van der Waals surface area contributed by atoms with Gasteiger partial charge in [-0.3, -0.25) is 0 Å². The molecule has 0 radical (unpaired) electrons. The summed E-state index contributed by atoms with van der Waals surface area (Å²) in [6.45, 7) is 16.5. The van der Waals surface area contributed by atoms with Gasteiger partial charge < -0.3 is 28.3 Å². The van der Waals surface area contributed by atoms with Crippen LogP contribution < -0.4 is 5.06 Å². The lowest BCUT2D eigenvalue weighted by Crippen LogP contribution is -3.23. The van der Waals surface area contributed by atoms with Crippen molar-refractivity contribution >= 4 is 8.80 Å². The van der Waals surface area contributed by atoms with Crippen LogP contribution in [0.25, 0.3) is 0 Å². The second-order valence-corrected chi connectivity index (χ2v) is 10.8. The Labute approximate surface area is 155 Å². The van der Waals surface area contributed by atoms with Gasteiger partial charge in [-0.15, -0.1) is 0 Å². The normalized spacial score (nSPS) is 25.9. The minimum atomic E-state index is -2.58. The van der Waals surface area contributed by atoms with Crippen LogP contribution in [0.15, 0.2) is 0 Å². The van der Waals surface area contributed by atoms with Crippen molar-refractivity contribution in [3.63, 3.8) is 0 Å². The second-order valence-electron chi connectivity index (χ2n) is 8.08. The summed E-state index contributed by atoms with van der Waals surface area (Å²) in [5, 5.41) is 12.8. The van der Waals surface area contributed by atoms with Crippen molar-refractivity contribution in [2.75, 3.05) is 26.4 Å². The molecule has 0 saturated carbocycles. The summed E-state index contributed by atoms with van der Waals surface area (Å²) in [6, 6.07) is 0.765. The molecule has 1 N–H and O–H groups in total. The SMILES string of the molecule is CCO[Si](CCCOC1CC(C)(C)[NH+]([O-])C(C)(C)C1)(OCC)OCC. The van der Waals surface area contributed by atoms with Crippen molar-refractivity contribution in [2.24, 2.45) is 0 Å². The van der Waals surface area contributed by atoms with Gasteiger partial charge in [0.2, 0.25) is 0 Å². The monoisotopic (exact) mass is 377 g/mol. The molecular weight excluding hydrogens is 338 g/mol. The molecule has 0 bridgehead atoms. The van der Waals surface area contributed by atoms with Gasteiger partial charge in [0.15, 0.2) is 0 Å². The van der Waals surface area contributed by atoms with Crippen molar-refractivity contribution in [1.82, 2.24) is 0 Å². The number of hydroxylamine groups is 2. The third-order valence-electron chi connectivity index (χ3n) is 4.78. The molecule has 6 nitrogen and oxygen atoms in total. The quantitative estimate of drug-likeness (QED) is 0.340. The van der Waals surface area contributed by atoms with E-state index in [9.17, 15) is 5.21 Å². The van der Waals surface area contributed by atoms with E-state index in [4.69, 9.17) is 18.0 Å². The van der Waals surface area contributed by atoms with E-state index >= 15 is 0 Å². The van der Waals surface area contributed by atoms with Crippen molar-refractivity contribution < 1.29 is 23.1 Å². The zero-order chi connectivity index (χ0) is 19.1. The minimum Gasteiger partial charge on any atom is -0.634 e. The number of piperidine rings is 1. The van der Waals surface area contributed by atoms with Crippen LogP contribution in [0.2, 0.25) is 6.04 Å². The molecule has 0 spiro atoms. The lowest BCUT2D eigenvalue weighted by molar-refractivity contribution is -0.956. The summed E-state index contributed by atoms with van der Waals surface area (Å²) in [5.74, 6) is 0. The Morgan fingerprint density at radius 3 is 1.76 bits per heavy atom. The molecule has 0 aromatic rings. The van der Waals surface area contributed by atoms with Crippen molar-refractivity contribution in [3.05, 3.63) is 5.21 Å². The summed E-state index contributed by atoms with van der Waals surface area (Å²) >= 11 is 0. The lowest BCUT2D eigenvalue weighted by atomic mass is 9.80. The maximum absolute atomic E-state index is 12.5. The molecule has 1 aliphatic heterocycles. The molecule has 0 aliphatic carbocycles. The molecule has 0 aromatic carbocycles. The number of rotatable bonds is 11. The topological polar surface area (TPSA) is 64.4 Å². The molecule has 1 saturated heterocycles. The van der Waals surface area contributed by atoms with E-state index in [-0.39, 0.29) is 17.2 Å². The molecule has 7 heteroatoms. The van der Waals surface area contributed by atoms with Crippen molar-refractivity contribution in [1.29, 1.82) is 0 Å². The fraction of sp³-hybridized carbons (Fsp3) is 1.00. The fourth-order valence-electron chi connectivity index (χ4n) is 3.97. The summed E-state index contributed by atoms with van der Waals surface area (Å²) in [4.78, 5) is 0. The van der Waals surface area contributed by atoms with Crippen LogP contribution in [0, 0.1) is 5.21 Å². The Balaban J connectivity index is 2.52. The second kappa shape index (κ2) is 9.78. The Morgan fingerprint density at radius 1 is 0.920 bits per heavy atom. The van der Waals surface area contributed by atoms with E-state index < -0.39 is 8.80 Å². The zero-order valence-electron chi connectivity index (χ0n) is 17.3. The Hall–Kier alpha value is -0.0231. The zero-order valence-corrected chi connectivity index (χ0v) is 18.3. The number of hydrogen-bond donors (Lipinski definition) is 1. The van der Waals surface area contributed by atoms with Crippen LogP contribution in [0.1, 0.15) is 67.7 Å². The lowest BCUT2D eigenvalue weighted by Gasteiger charge is -2.54. The average Bonchev–Trinajstić information content (AvgIpc) is 2.49. The smallest absolute Gasteiger partial charge is 0.501 e. The predicted molar refractivity (Wildman–Crippen MR) is 102 cm³/mol. The van der Waals surface area contributed by atoms with E-state index in [2.05, 4.69) is 0 Å². The van der Waals surface area contributed by atoms with Gasteiger partial charge in [0.1, 0.15) is 0 Å². The van der Waals surface area contributed by atoms with E-state index in [1.807, 2.05) is 48.5 Å². The summed E-state index contributed by atoms with van der Waals surface area (Å²) < 4.78 is 23.8. The van der Waals surface area contributed by atoms with Gasteiger partial charge in [-0.1, -0.05) is 0 Å². The first-order valence-corrected chi connectivity index (χ1v) is 11.6. The standard InChI is InChI=1S/C18H39NO5Si/c1-8-22-25(23-9-2,24-10-3)13-11-12-21-16-14-17(4,5)19(20)18(6,7)15-16/h16,19H,8-15H2,1-7H3. The Kier molecular flexibility index (Phi) is 9.00. The van der Waals surface area contributed by atoms with Gasteiger partial charge in [0, 0.05) is 45.3 Å². The first kappa shape index (κ1) is 23.0. The van der Waals surface area contributed by atoms with Gasteiger partial charge in [0.05, 0.1) is 17.2 Å². The first-order chi connectivity index (χ1) is 11.6. The van der Waals surface area contributed by atoms with E-state index in [1.165, 1.54) is 0 Å². The van der Waals surface area contributed by atoms with Crippen LogP contribution in [-0.4, -0.2) is 52.4 Å². The molecule has 0 aromatic heterocycles. The number of quaternary nitrogens is 1. The number of hydrogen-bond acceptors (Lipinski definition) is 5. The summed E-state index contributed by atoms with van der Waals surface area (Å²) in [6.07, 6.45) is 2.56. The van der Waals surface area contributed by atoms with Gasteiger partial charge in [-0.25, -0.2) is 0 Å². The van der Waals surface area contributed by atoms with Crippen molar-refractivity contribution in [3.8, 4) is 0 Å². The summed E-state index contributed by atoms with van der Waals surface area (Å²) in [5.41, 5.74) is -0.625. The van der Waals surface area contributed by atoms with Crippen LogP contribution in [0.4, 0.5) is 0 Å². The highest BCUT2D eigenvalue weighted by molar-refractivity contribution is 6.60. The molecule has 1 aliphatic rings. The van der Waals surface area contributed by atoms with E-state index in [0.29, 0.717) is 31.5 Å². The van der Waals surface area contributed by atoms with Crippen LogP contribution >= 0.6 is 0 Å². The fourth-order valence-corrected chi connectivity index (χ4v) is 6.55. The van der Waals surface area contributed by atoms with Crippen LogP contribution in [0.3, 0.4) is 0 Å². The maximum Gasteiger partial charge on any atom is 0.501 e. The molecule has 1 fully saturated rings.